The van der Waals surface area contributed by atoms with E-state index in [1.54, 1.807) is 0 Å². The minimum absolute atomic E-state index is 0.0491. The van der Waals surface area contributed by atoms with Crippen LogP contribution in [0.25, 0.3) is 0 Å². The third-order valence-corrected chi connectivity index (χ3v) is 2.95. The minimum atomic E-state index is -0.182. The molecule has 3 N–H and O–H groups in total. The molecule has 1 aliphatic rings. The van der Waals surface area contributed by atoms with Crippen LogP contribution in [-0.2, 0) is 9.59 Å². The van der Waals surface area contributed by atoms with Crippen molar-refractivity contribution in [3.63, 3.8) is 0 Å². The largest absolute Gasteiger partial charge is 0.352 e. The standard InChI is InChI=1S/C12H24N4O2/c1-9(2)15-11(17)8-14-12(18)10(3)16-6-4-13-5-7-16/h9-10,13H,4-8H2,1-3H3,(H,14,18)(H,15,17). The molecule has 0 aromatic rings. The van der Waals surface area contributed by atoms with Crippen molar-refractivity contribution in [2.75, 3.05) is 32.7 Å². The van der Waals surface area contributed by atoms with Crippen LogP contribution in [0, 0.1) is 0 Å². The zero-order valence-corrected chi connectivity index (χ0v) is 11.5. The number of piperazine rings is 1. The van der Waals surface area contributed by atoms with Gasteiger partial charge in [-0.25, -0.2) is 0 Å². The Balaban J connectivity index is 2.28. The molecule has 0 aromatic carbocycles. The van der Waals surface area contributed by atoms with Crippen molar-refractivity contribution in [2.24, 2.45) is 0 Å². The Hall–Kier alpha value is -1.14. The van der Waals surface area contributed by atoms with Gasteiger partial charge >= 0.3 is 0 Å². The number of rotatable bonds is 5. The van der Waals surface area contributed by atoms with Crippen LogP contribution in [0.2, 0.25) is 0 Å². The summed E-state index contributed by atoms with van der Waals surface area (Å²) in [5.74, 6) is -0.235. The number of nitrogens with one attached hydrogen (secondary N) is 3. The van der Waals surface area contributed by atoms with Gasteiger partial charge in [0.05, 0.1) is 12.6 Å². The molecule has 6 heteroatoms. The highest BCUT2D eigenvalue weighted by molar-refractivity contribution is 5.87. The van der Waals surface area contributed by atoms with Gasteiger partial charge in [0.1, 0.15) is 0 Å². The molecule has 0 bridgehead atoms. The van der Waals surface area contributed by atoms with Crippen LogP contribution in [0.4, 0.5) is 0 Å². The first-order valence-electron chi connectivity index (χ1n) is 6.52. The van der Waals surface area contributed by atoms with Gasteiger partial charge in [-0.05, 0) is 20.8 Å². The summed E-state index contributed by atoms with van der Waals surface area (Å²) in [6, 6.07) is -0.0843. The van der Waals surface area contributed by atoms with Crippen LogP contribution < -0.4 is 16.0 Å². The van der Waals surface area contributed by atoms with Crippen LogP contribution in [-0.4, -0.2) is 61.5 Å². The molecule has 0 radical (unpaired) electrons. The lowest BCUT2D eigenvalue weighted by Crippen LogP contribution is -2.53. The van der Waals surface area contributed by atoms with E-state index < -0.39 is 0 Å². The first kappa shape index (κ1) is 14.9. The third kappa shape index (κ3) is 5.01. The molecule has 6 nitrogen and oxygen atoms in total. The lowest BCUT2D eigenvalue weighted by Gasteiger charge is -2.31. The smallest absolute Gasteiger partial charge is 0.239 e. The summed E-state index contributed by atoms with van der Waals surface area (Å²) in [5, 5.41) is 8.65. The van der Waals surface area contributed by atoms with Crippen LogP contribution >= 0.6 is 0 Å². The van der Waals surface area contributed by atoms with Gasteiger partial charge in [0, 0.05) is 32.2 Å². The third-order valence-electron chi connectivity index (χ3n) is 2.95. The van der Waals surface area contributed by atoms with Crippen molar-refractivity contribution >= 4 is 11.8 Å². The summed E-state index contributed by atoms with van der Waals surface area (Å²) in [6.45, 7) is 9.26. The number of nitrogens with zero attached hydrogens (tertiary/aromatic N) is 1. The number of hydrogen-bond donors (Lipinski definition) is 3. The minimum Gasteiger partial charge on any atom is -0.352 e. The Morgan fingerprint density at radius 3 is 2.39 bits per heavy atom. The molecular formula is C12H24N4O2. The van der Waals surface area contributed by atoms with Gasteiger partial charge < -0.3 is 16.0 Å². The Bertz CT molecular complexity index is 288. The highest BCUT2D eigenvalue weighted by atomic mass is 16.2. The van der Waals surface area contributed by atoms with Gasteiger partial charge in [0.2, 0.25) is 11.8 Å². The normalized spacial score (nSPS) is 18.4. The SMILES string of the molecule is CC(C)NC(=O)CNC(=O)C(C)N1CCNCC1. The van der Waals surface area contributed by atoms with Crippen LogP contribution in [0.15, 0.2) is 0 Å². The number of hydrogen-bond acceptors (Lipinski definition) is 4. The van der Waals surface area contributed by atoms with Crippen molar-refractivity contribution in [2.45, 2.75) is 32.9 Å². The van der Waals surface area contributed by atoms with Crippen LogP contribution in [0.3, 0.4) is 0 Å². The topological polar surface area (TPSA) is 73.5 Å². The molecule has 1 unspecified atom stereocenters. The van der Waals surface area contributed by atoms with E-state index in [9.17, 15) is 9.59 Å². The summed E-state index contributed by atoms with van der Waals surface area (Å²) in [5.41, 5.74) is 0. The fourth-order valence-corrected chi connectivity index (χ4v) is 1.92. The molecule has 1 saturated heterocycles. The first-order chi connectivity index (χ1) is 8.50. The van der Waals surface area contributed by atoms with E-state index in [1.807, 2.05) is 20.8 Å². The van der Waals surface area contributed by atoms with E-state index in [4.69, 9.17) is 0 Å². The van der Waals surface area contributed by atoms with E-state index >= 15 is 0 Å². The number of carbonyl (C=O) groups excluding carboxylic acids is 2. The predicted octanol–water partition coefficient (Wildman–Crippen LogP) is -1.08. The molecule has 104 valence electrons. The molecule has 0 saturated carbocycles. The van der Waals surface area contributed by atoms with Gasteiger partial charge in [-0.3, -0.25) is 14.5 Å². The zero-order chi connectivity index (χ0) is 13.5. The van der Waals surface area contributed by atoms with Crippen molar-refractivity contribution in [1.29, 1.82) is 0 Å². The maximum absolute atomic E-state index is 11.9. The summed E-state index contributed by atoms with van der Waals surface area (Å²) in [7, 11) is 0. The van der Waals surface area contributed by atoms with Gasteiger partial charge in [0.25, 0.3) is 0 Å². The Kier molecular flexibility index (Phi) is 6.07. The first-order valence-corrected chi connectivity index (χ1v) is 6.52. The average molecular weight is 256 g/mol. The molecule has 1 rings (SSSR count). The molecule has 1 fully saturated rings. The van der Waals surface area contributed by atoms with E-state index in [0.717, 1.165) is 26.2 Å². The van der Waals surface area contributed by atoms with Crippen LogP contribution in [0.1, 0.15) is 20.8 Å². The summed E-state index contributed by atoms with van der Waals surface area (Å²) >= 11 is 0. The van der Waals surface area contributed by atoms with E-state index in [0.29, 0.717) is 0 Å². The highest BCUT2D eigenvalue weighted by Crippen LogP contribution is 2.00. The van der Waals surface area contributed by atoms with Crippen LogP contribution in [0.5, 0.6) is 0 Å². The second-order valence-corrected chi connectivity index (χ2v) is 4.90. The maximum Gasteiger partial charge on any atom is 0.239 e. The molecule has 1 atom stereocenters. The molecule has 1 heterocycles. The van der Waals surface area contributed by atoms with Gasteiger partial charge in [-0.15, -0.1) is 0 Å². The summed E-state index contributed by atoms with van der Waals surface area (Å²) < 4.78 is 0. The molecule has 18 heavy (non-hydrogen) atoms. The maximum atomic E-state index is 11.9. The van der Waals surface area contributed by atoms with E-state index in [1.165, 1.54) is 0 Å². The Morgan fingerprint density at radius 1 is 1.22 bits per heavy atom. The van der Waals surface area contributed by atoms with Crippen molar-refractivity contribution < 1.29 is 9.59 Å². The number of carbonyl (C=O) groups is 2. The quantitative estimate of drug-likeness (QED) is 0.585. The zero-order valence-electron chi connectivity index (χ0n) is 11.5. The summed E-state index contributed by atoms with van der Waals surface area (Å²) in [6.07, 6.45) is 0. The molecule has 0 aromatic heterocycles. The molecule has 0 spiro atoms. The van der Waals surface area contributed by atoms with Gasteiger partial charge in [-0.1, -0.05) is 0 Å². The average Bonchev–Trinajstić information content (AvgIpc) is 2.35. The molecular weight excluding hydrogens is 232 g/mol. The fourth-order valence-electron chi connectivity index (χ4n) is 1.92. The lowest BCUT2D eigenvalue weighted by molar-refractivity contribution is -0.129. The highest BCUT2D eigenvalue weighted by Gasteiger charge is 2.22. The number of amides is 2. The molecule has 1 aliphatic heterocycles. The van der Waals surface area contributed by atoms with Crippen molar-refractivity contribution in [1.82, 2.24) is 20.9 Å². The fraction of sp³-hybridized carbons (Fsp3) is 0.833. The van der Waals surface area contributed by atoms with Gasteiger partial charge in [-0.2, -0.15) is 0 Å². The second-order valence-electron chi connectivity index (χ2n) is 4.90. The molecule has 2 amide bonds. The molecule has 0 aliphatic carbocycles. The lowest BCUT2D eigenvalue weighted by atomic mass is 10.2. The van der Waals surface area contributed by atoms with E-state index in [-0.39, 0.29) is 30.4 Å². The van der Waals surface area contributed by atoms with Crippen molar-refractivity contribution in [3.05, 3.63) is 0 Å². The summed E-state index contributed by atoms with van der Waals surface area (Å²) in [4.78, 5) is 25.4. The predicted molar refractivity (Wildman–Crippen MR) is 70.2 cm³/mol. The van der Waals surface area contributed by atoms with Gasteiger partial charge in [0.15, 0.2) is 0 Å². The Labute approximate surface area is 108 Å². The Morgan fingerprint density at radius 2 is 1.83 bits per heavy atom. The van der Waals surface area contributed by atoms with Crippen molar-refractivity contribution in [3.8, 4) is 0 Å². The second kappa shape index (κ2) is 7.33. The van der Waals surface area contributed by atoms with E-state index in [2.05, 4.69) is 20.9 Å². The monoisotopic (exact) mass is 256 g/mol.